The number of nitrogens with zero attached hydrogens (tertiary/aromatic N) is 3. The third-order valence-corrected chi connectivity index (χ3v) is 4.49. The molecule has 0 saturated carbocycles. The number of carbonyl (C=O) groups excluding carboxylic acids is 3. The van der Waals surface area contributed by atoms with E-state index in [0.717, 1.165) is 19.3 Å². The molecule has 12 nitrogen and oxygen atoms in total. The van der Waals surface area contributed by atoms with Gasteiger partial charge in [0.1, 0.15) is 0 Å². The molecule has 0 aromatic heterocycles. The van der Waals surface area contributed by atoms with E-state index in [1.54, 1.807) is 9.80 Å². The smallest absolute Gasteiger partial charge is 0.373 e. The monoisotopic (exact) mass is 431 g/mol. The molecule has 1 heterocycles. The highest BCUT2D eigenvalue weighted by Gasteiger charge is 2.20. The Morgan fingerprint density at radius 1 is 0.767 bits per heavy atom. The predicted molar refractivity (Wildman–Crippen MR) is 106 cm³/mol. The van der Waals surface area contributed by atoms with Crippen molar-refractivity contribution in [3.63, 3.8) is 0 Å². The van der Waals surface area contributed by atoms with Gasteiger partial charge in [0.15, 0.2) is 0 Å². The van der Waals surface area contributed by atoms with Gasteiger partial charge in [-0.05, 0) is 19.4 Å². The van der Waals surface area contributed by atoms with E-state index < -0.39 is 11.9 Å². The molecule has 1 fully saturated rings. The number of amides is 1. The Bertz CT molecular complexity index is 527. The summed E-state index contributed by atoms with van der Waals surface area (Å²) in [7, 11) is 0. The quantitative estimate of drug-likeness (QED) is 0.260. The van der Waals surface area contributed by atoms with Gasteiger partial charge in [0.2, 0.25) is 5.91 Å². The van der Waals surface area contributed by atoms with E-state index in [0.29, 0.717) is 52.4 Å². The summed E-state index contributed by atoms with van der Waals surface area (Å²) in [5.74, 6) is -1.90. The summed E-state index contributed by atoms with van der Waals surface area (Å²) in [4.78, 5) is 56.0. The third kappa shape index (κ3) is 15.5. The number of carboxylic acids is 2. The Labute approximate surface area is 176 Å². The van der Waals surface area contributed by atoms with Gasteiger partial charge in [0.25, 0.3) is 0 Å². The molecule has 0 atom stereocenters. The first kappa shape index (κ1) is 27.6. The summed E-state index contributed by atoms with van der Waals surface area (Å²) in [5.41, 5.74) is 5.44. The molecule has 1 aliphatic rings. The number of nitrogens with two attached hydrogens (primary N) is 1. The zero-order valence-corrected chi connectivity index (χ0v) is 17.3. The molecule has 12 heteroatoms. The molecule has 0 aliphatic carbocycles. The topological polar surface area (TPSA) is 174 Å². The molecular weight excluding hydrogens is 398 g/mol. The standard InChI is InChI=1S/C17H33N5O5.CO2/c18-4-2-1-3-5-19-15(23)12-20-6-8-21(13-16(24)25)10-11-22(9-7-20)14-17(26)27;2-1-3/h1-14,18H2,(H,19,23)(H,24,25)(H,26,27);. The SMILES string of the molecule is NCCCCCNC(=O)CN1CCN(CC(=O)O)CCN(CC(=O)O)CC1.O=C=O. The first-order valence-corrected chi connectivity index (χ1v) is 9.89. The van der Waals surface area contributed by atoms with Crippen molar-refractivity contribution < 1.29 is 34.2 Å². The highest BCUT2D eigenvalue weighted by atomic mass is 16.4. The molecule has 1 aliphatic heterocycles. The second-order valence-electron chi connectivity index (χ2n) is 6.90. The fraction of sp³-hybridized carbons (Fsp3) is 0.778. The maximum absolute atomic E-state index is 12.2. The molecule has 0 spiro atoms. The Morgan fingerprint density at radius 3 is 1.53 bits per heavy atom. The maximum atomic E-state index is 12.2. The van der Waals surface area contributed by atoms with Crippen LogP contribution in [0.25, 0.3) is 0 Å². The molecule has 172 valence electrons. The van der Waals surface area contributed by atoms with E-state index >= 15 is 0 Å². The number of nitrogens with one attached hydrogen (secondary N) is 1. The van der Waals surface area contributed by atoms with E-state index in [1.165, 1.54) is 0 Å². The number of unbranched alkanes of at least 4 members (excludes halogenated alkanes) is 2. The van der Waals surface area contributed by atoms with E-state index in [2.05, 4.69) is 5.32 Å². The highest BCUT2D eigenvalue weighted by Crippen LogP contribution is 2.01. The zero-order valence-electron chi connectivity index (χ0n) is 17.3. The summed E-state index contributed by atoms with van der Waals surface area (Å²) in [6.07, 6.45) is 3.07. The van der Waals surface area contributed by atoms with Gasteiger partial charge >= 0.3 is 18.1 Å². The fourth-order valence-electron chi connectivity index (χ4n) is 2.97. The van der Waals surface area contributed by atoms with E-state index in [1.807, 2.05) is 4.90 Å². The lowest BCUT2D eigenvalue weighted by Gasteiger charge is -2.24. The van der Waals surface area contributed by atoms with Crippen molar-refractivity contribution in [1.29, 1.82) is 0 Å². The minimum atomic E-state index is -0.916. The molecule has 0 aromatic carbocycles. The molecular formula is C18H33N5O7. The molecule has 5 N–H and O–H groups in total. The van der Waals surface area contributed by atoms with Gasteiger partial charge in [-0.25, -0.2) is 0 Å². The van der Waals surface area contributed by atoms with Crippen LogP contribution in [0.3, 0.4) is 0 Å². The minimum absolute atomic E-state index is 0.0726. The molecule has 0 radical (unpaired) electrons. The lowest BCUT2D eigenvalue weighted by molar-refractivity contribution is -0.191. The van der Waals surface area contributed by atoms with Crippen LogP contribution in [0.2, 0.25) is 0 Å². The number of hydrogen-bond acceptors (Lipinski definition) is 9. The van der Waals surface area contributed by atoms with Gasteiger partial charge in [0, 0.05) is 45.8 Å². The molecule has 30 heavy (non-hydrogen) atoms. The lowest BCUT2D eigenvalue weighted by Crippen LogP contribution is -2.43. The van der Waals surface area contributed by atoms with Crippen LogP contribution in [0.15, 0.2) is 0 Å². The van der Waals surface area contributed by atoms with Gasteiger partial charge in [-0.15, -0.1) is 0 Å². The van der Waals surface area contributed by atoms with Crippen LogP contribution in [0.4, 0.5) is 0 Å². The van der Waals surface area contributed by atoms with Gasteiger partial charge in [0.05, 0.1) is 19.6 Å². The molecule has 1 amide bonds. The first-order valence-electron chi connectivity index (χ1n) is 9.89. The Balaban J connectivity index is 0.00000263. The molecule has 1 saturated heterocycles. The molecule has 0 bridgehead atoms. The van der Waals surface area contributed by atoms with Crippen molar-refractivity contribution in [1.82, 2.24) is 20.0 Å². The lowest BCUT2D eigenvalue weighted by atomic mass is 10.2. The predicted octanol–water partition coefficient (Wildman–Crippen LogP) is -2.26. The van der Waals surface area contributed by atoms with E-state index in [9.17, 15) is 14.4 Å². The number of rotatable bonds is 11. The molecule has 0 unspecified atom stereocenters. The zero-order chi connectivity index (χ0) is 22.8. The maximum Gasteiger partial charge on any atom is 0.373 e. The summed E-state index contributed by atoms with van der Waals surface area (Å²) in [5, 5.41) is 21.0. The van der Waals surface area contributed by atoms with E-state index in [-0.39, 0.29) is 31.7 Å². The largest absolute Gasteiger partial charge is 0.480 e. The van der Waals surface area contributed by atoms with Crippen LogP contribution < -0.4 is 11.1 Å². The van der Waals surface area contributed by atoms with Crippen LogP contribution in [-0.4, -0.2) is 121 Å². The van der Waals surface area contributed by atoms with Crippen molar-refractivity contribution in [2.45, 2.75) is 19.3 Å². The molecule has 0 aromatic rings. The third-order valence-electron chi connectivity index (χ3n) is 4.49. The normalized spacial score (nSPS) is 16.2. The van der Waals surface area contributed by atoms with Crippen molar-refractivity contribution in [2.75, 3.05) is 72.0 Å². The Kier molecular flexibility index (Phi) is 16.1. The van der Waals surface area contributed by atoms with Crippen molar-refractivity contribution in [2.24, 2.45) is 5.73 Å². The number of hydrogen-bond donors (Lipinski definition) is 4. The Hall–Kier alpha value is -2.37. The summed E-state index contributed by atoms with van der Waals surface area (Å²) in [6, 6.07) is 0. The van der Waals surface area contributed by atoms with Gasteiger partial charge in [-0.1, -0.05) is 6.42 Å². The van der Waals surface area contributed by atoms with E-state index in [4.69, 9.17) is 25.5 Å². The van der Waals surface area contributed by atoms with Crippen LogP contribution in [0.5, 0.6) is 0 Å². The average Bonchev–Trinajstić information content (AvgIpc) is 2.74. The van der Waals surface area contributed by atoms with Crippen molar-refractivity contribution >= 4 is 24.0 Å². The van der Waals surface area contributed by atoms with Gasteiger partial charge in [-0.2, -0.15) is 9.59 Å². The van der Waals surface area contributed by atoms with Crippen molar-refractivity contribution in [3.05, 3.63) is 0 Å². The fourth-order valence-corrected chi connectivity index (χ4v) is 2.97. The second kappa shape index (κ2) is 17.5. The van der Waals surface area contributed by atoms with Crippen LogP contribution in [0, 0.1) is 0 Å². The second-order valence-corrected chi connectivity index (χ2v) is 6.90. The average molecular weight is 431 g/mol. The Morgan fingerprint density at radius 2 is 1.17 bits per heavy atom. The summed E-state index contributed by atoms with van der Waals surface area (Å²) in [6.45, 7) is 4.45. The number of carboxylic acid groups (broad SMARTS) is 2. The van der Waals surface area contributed by atoms with Crippen LogP contribution >= 0.6 is 0 Å². The van der Waals surface area contributed by atoms with Gasteiger partial charge < -0.3 is 21.3 Å². The molecule has 1 rings (SSSR count). The minimum Gasteiger partial charge on any atom is -0.480 e. The highest BCUT2D eigenvalue weighted by molar-refractivity contribution is 5.78. The number of carbonyl (C=O) groups is 3. The summed E-state index contributed by atoms with van der Waals surface area (Å²) >= 11 is 0. The van der Waals surface area contributed by atoms with Gasteiger partial charge in [-0.3, -0.25) is 29.1 Å². The number of aliphatic carboxylic acids is 2. The first-order chi connectivity index (χ1) is 14.3. The van der Waals surface area contributed by atoms with Crippen LogP contribution in [0.1, 0.15) is 19.3 Å². The van der Waals surface area contributed by atoms with Crippen molar-refractivity contribution in [3.8, 4) is 0 Å². The summed E-state index contributed by atoms with van der Waals surface area (Å²) < 4.78 is 0. The van der Waals surface area contributed by atoms with Crippen LogP contribution in [-0.2, 0) is 24.0 Å².